The molecule has 0 aliphatic heterocycles. The molecule has 1 heterocycles. The summed E-state index contributed by atoms with van der Waals surface area (Å²) in [6, 6.07) is 0. The number of aryl methyl sites for hydroxylation is 1. The van der Waals surface area contributed by atoms with Crippen LogP contribution in [0.3, 0.4) is 0 Å². The molecule has 1 rings (SSSR count). The van der Waals surface area contributed by atoms with Crippen molar-refractivity contribution in [1.82, 2.24) is 14.3 Å². The van der Waals surface area contributed by atoms with Crippen molar-refractivity contribution in [2.75, 3.05) is 6.61 Å². The minimum absolute atomic E-state index is 0.0592. The van der Waals surface area contributed by atoms with E-state index in [0.717, 1.165) is 0 Å². The van der Waals surface area contributed by atoms with Gasteiger partial charge in [-0.3, -0.25) is 4.57 Å². The topological polar surface area (TPSA) is 60.0 Å². The Bertz CT molecular complexity index is 299. The third kappa shape index (κ3) is 1.32. The Labute approximate surface area is 63.9 Å². The highest BCUT2D eigenvalue weighted by atomic mass is 16.3. The maximum atomic E-state index is 11.1. The second-order valence-electron chi connectivity index (χ2n) is 2.34. The van der Waals surface area contributed by atoms with Gasteiger partial charge >= 0.3 is 5.69 Å². The molecular formula is C6H11N3O2. The van der Waals surface area contributed by atoms with Gasteiger partial charge in [0.2, 0.25) is 0 Å². The van der Waals surface area contributed by atoms with E-state index in [0.29, 0.717) is 5.82 Å². The molecule has 0 amide bonds. The third-order valence-electron chi connectivity index (χ3n) is 1.57. The van der Waals surface area contributed by atoms with Gasteiger partial charge in [0.05, 0.1) is 13.2 Å². The van der Waals surface area contributed by atoms with Crippen LogP contribution in [0.25, 0.3) is 0 Å². The number of aliphatic hydroxyl groups is 1. The number of hydrogen-bond acceptors (Lipinski definition) is 3. The van der Waals surface area contributed by atoms with Gasteiger partial charge in [-0.05, 0) is 6.92 Å². The fourth-order valence-electron chi connectivity index (χ4n) is 0.836. The van der Waals surface area contributed by atoms with Crippen LogP contribution in [0.4, 0.5) is 0 Å². The minimum Gasteiger partial charge on any atom is -0.394 e. The Hall–Kier alpha value is -1.10. The van der Waals surface area contributed by atoms with Crippen molar-refractivity contribution in [2.24, 2.45) is 7.05 Å². The van der Waals surface area contributed by atoms with Gasteiger partial charge in [0.15, 0.2) is 0 Å². The summed E-state index contributed by atoms with van der Waals surface area (Å²) in [6.07, 6.45) is 0. The quantitative estimate of drug-likeness (QED) is 0.591. The van der Waals surface area contributed by atoms with E-state index in [1.807, 2.05) is 0 Å². The second kappa shape index (κ2) is 2.87. The van der Waals surface area contributed by atoms with Gasteiger partial charge in [0.1, 0.15) is 5.82 Å². The minimum atomic E-state index is -0.184. The van der Waals surface area contributed by atoms with E-state index in [1.54, 1.807) is 14.0 Å². The highest BCUT2D eigenvalue weighted by molar-refractivity contribution is 4.80. The molecular weight excluding hydrogens is 146 g/mol. The summed E-state index contributed by atoms with van der Waals surface area (Å²) in [6.45, 7) is 1.95. The molecule has 0 radical (unpaired) electrons. The van der Waals surface area contributed by atoms with Crippen molar-refractivity contribution < 1.29 is 5.11 Å². The number of hydrogen-bond donors (Lipinski definition) is 1. The molecule has 0 spiro atoms. The maximum absolute atomic E-state index is 11.1. The van der Waals surface area contributed by atoms with Crippen LogP contribution in [0, 0.1) is 6.92 Å². The zero-order chi connectivity index (χ0) is 8.43. The summed E-state index contributed by atoms with van der Waals surface area (Å²) in [7, 11) is 1.65. The summed E-state index contributed by atoms with van der Waals surface area (Å²) < 4.78 is 2.69. The third-order valence-corrected chi connectivity index (χ3v) is 1.57. The zero-order valence-corrected chi connectivity index (χ0v) is 6.61. The molecule has 1 aromatic heterocycles. The number of aromatic nitrogens is 3. The van der Waals surface area contributed by atoms with E-state index in [4.69, 9.17) is 5.11 Å². The highest BCUT2D eigenvalue weighted by Gasteiger charge is 2.03. The largest absolute Gasteiger partial charge is 0.394 e. The monoisotopic (exact) mass is 157 g/mol. The van der Waals surface area contributed by atoms with Gasteiger partial charge in [0.25, 0.3) is 0 Å². The standard InChI is InChI=1S/C6H11N3O2/c1-5-7-9(3-4-10)6(11)8(5)2/h10H,3-4H2,1-2H3. The average molecular weight is 157 g/mol. The Kier molecular flexibility index (Phi) is 2.09. The van der Waals surface area contributed by atoms with Crippen molar-refractivity contribution in [3.8, 4) is 0 Å². The summed E-state index contributed by atoms with van der Waals surface area (Å²) >= 11 is 0. The number of rotatable bonds is 2. The van der Waals surface area contributed by atoms with E-state index in [9.17, 15) is 4.79 Å². The first-order valence-electron chi connectivity index (χ1n) is 3.38. The molecule has 0 saturated heterocycles. The molecule has 0 aliphatic carbocycles. The molecule has 62 valence electrons. The average Bonchev–Trinajstić information content (AvgIpc) is 2.19. The predicted octanol–water partition coefficient (Wildman–Crippen LogP) is -1.12. The van der Waals surface area contributed by atoms with Gasteiger partial charge in [-0.25, -0.2) is 9.48 Å². The van der Waals surface area contributed by atoms with E-state index < -0.39 is 0 Å². The van der Waals surface area contributed by atoms with Gasteiger partial charge in [-0.1, -0.05) is 0 Å². The molecule has 0 atom stereocenters. The van der Waals surface area contributed by atoms with E-state index in [1.165, 1.54) is 9.25 Å². The highest BCUT2D eigenvalue weighted by Crippen LogP contribution is 1.84. The molecule has 0 saturated carbocycles. The molecule has 0 unspecified atom stereocenters. The van der Waals surface area contributed by atoms with Crippen molar-refractivity contribution in [3.05, 3.63) is 16.3 Å². The van der Waals surface area contributed by atoms with Crippen LogP contribution in [-0.4, -0.2) is 26.1 Å². The summed E-state index contributed by atoms with van der Waals surface area (Å²) in [5, 5.41) is 12.4. The Morgan fingerprint density at radius 3 is 2.64 bits per heavy atom. The Balaban J connectivity index is 3.09. The lowest BCUT2D eigenvalue weighted by Crippen LogP contribution is -2.24. The smallest absolute Gasteiger partial charge is 0.345 e. The predicted molar refractivity (Wildman–Crippen MR) is 39.3 cm³/mol. The number of aliphatic hydroxyl groups excluding tert-OH is 1. The first kappa shape index (κ1) is 8.00. The molecule has 5 heteroatoms. The zero-order valence-electron chi connectivity index (χ0n) is 6.61. The van der Waals surface area contributed by atoms with Crippen molar-refractivity contribution in [3.63, 3.8) is 0 Å². The fraction of sp³-hybridized carbons (Fsp3) is 0.667. The van der Waals surface area contributed by atoms with Crippen LogP contribution in [0.2, 0.25) is 0 Å². The second-order valence-corrected chi connectivity index (χ2v) is 2.34. The first-order valence-corrected chi connectivity index (χ1v) is 3.38. The van der Waals surface area contributed by atoms with Crippen molar-refractivity contribution >= 4 is 0 Å². The van der Waals surface area contributed by atoms with Crippen LogP contribution < -0.4 is 5.69 Å². The van der Waals surface area contributed by atoms with Gasteiger partial charge in [-0.15, -0.1) is 0 Å². The van der Waals surface area contributed by atoms with Crippen LogP contribution in [-0.2, 0) is 13.6 Å². The van der Waals surface area contributed by atoms with Crippen LogP contribution in [0.15, 0.2) is 4.79 Å². The Morgan fingerprint density at radius 2 is 2.27 bits per heavy atom. The molecule has 1 aromatic rings. The molecule has 0 bridgehead atoms. The van der Waals surface area contributed by atoms with Crippen LogP contribution >= 0.6 is 0 Å². The van der Waals surface area contributed by atoms with Gasteiger partial charge < -0.3 is 5.11 Å². The van der Waals surface area contributed by atoms with Crippen molar-refractivity contribution in [2.45, 2.75) is 13.5 Å². The molecule has 1 N–H and O–H groups in total. The molecule has 5 nitrogen and oxygen atoms in total. The normalized spacial score (nSPS) is 10.5. The summed E-state index contributed by atoms with van der Waals surface area (Å²) in [5.41, 5.74) is -0.184. The molecule has 11 heavy (non-hydrogen) atoms. The lowest BCUT2D eigenvalue weighted by molar-refractivity contribution is 0.266. The van der Waals surface area contributed by atoms with Crippen LogP contribution in [0.5, 0.6) is 0 Å². The summed E-state index contributed by atoms with van der Waals surface area (Å²) in [5.74, 6) is 0.656. The number of nitrogens with zero attached hydrogens (tertiary/aromatic N) is 3. The fourth-order valence-corrected chi connectivity index (χ4v) is 0.836. The van der Waals surface area contributed by atoms with E-state index >= 15 is 0 Å². The van der Waals surface area contributed by atoms with Gasteiger partial charge in [0, 0.05) is 7.05 Å². The first-order chi connectivity index (χ1) is 5.16. The maximum Gasteiger partial charge on any atom is 0.345 e. The molecule has 0 aliphatic rings. The van der Waals surface area contributed by atoms with Crippen molar-refractivity contribution in [1.29, 1.82) is 0 Å². The lowest BCUT2D eigenvalue weighted by Gasteiger charge is -1.91. The lowest BCUT2D eigenvalue weighted by atomic mass is 10.7. The van der Waals surface area contributed by atoms with E-state index in [2.05, 4.69) is 5.10 Å². The van der Waals surface area contributed by atoms with E-state index in [-0.39, 0.29) is 18.8 Å². The van der Waals surface area contributed by atoms with Gasteiger partial charge in [-0.2, -0.15) is 5.10 Å². The molecule has 0 aromatic carbocycles. The molecule has 0 fully saturated rings. The Morgan fingerprint density at radius 1 is 1.64 bits per heavy atom. The SMILES string of the molecule is Cc1nn(CCO)c(=O)n1C. The van der Waals surface area contributed by atoms with Crippen LogP contribution in [0.1, 0.15) is 5.82 Å². The summed E-state index contributed by atoms with van der Waals surface area (Å²) in [4.78, 5) is 11.1.